The molecule has 3 heterocycles. The summed E-state index contributed by atoms with van der Waals surface area (Å²) in [6.07, 6.45) is 2.84. The van der Waals surface area contributed by atoms with Crippen LogP contribution < -0.4 is 10.6 Å². The maximum absolute atomic E-state index is 5.93. The van der Waals surface area contributed by atoms with Crippen LogP contribution >= 0.6 is 12.2 Å². The minimum Gasteiger partial charge on any atom is -0.385 e. The molecule has 2 atom stereocenters. The molecule has 5 rings (SSSR count). The SMILES string of the molecule is Cc1cc(C)c(-n2c(C)cc(C3C(c4ccccn4)NC(=S)N3CCCNc3ccccc3)c2C)c(C)c1. The molecule has 2 unspecified atom stereocenters. The van der Waals surface area contributed by atoms with Gasteiger partial charge in [-0.25, -0.2) is 0 Å². The molecule has 2 aromatic heterocycles. The lowest BCUT2D eigenvalue weighted by atomic mass is 9.96. The molecule has 0 bridgehead atoms. The Balaban J connectivity index is 1.49. The van der Waals surface area contributed by atoms with Gasteiger partial charge in [0, 0.05) is 36.4 Å². The first-order valence-electron chi connectivity index (χ1n) is 13.4. The summed E-state index contributed by atoms with van der Waals surface area (Å²) in [5.41, 5.74) is 11.1. The summed E-state index contributed by atoms with van der Waals surface area (Å²) in [5.74, 6) is 0. The van der Waals surface area contributed by atoms with Gasteiger partial charge in [0.2, 0.25) is 0 Å². The van der Waals surface area contributed by atoms with Gasteiger partial charge in [0.05, 0.1) is 23.5 Å². The van der Waals surface area contributed by atoms with E-state index < -0.39 is 0 Å². The number of para-hydroxylation sites is 1. The van der Waals surface area contributed by atoms with E-state index in [9.17, 15) is 0 Å². The van der Waals surface area contributed by atoms with E-state index in [0.29, 0.717) is 0 Å². The second kappa shape index (κ2) is 11.0. The molecule has 0 radical (unpaired) electrons. The van der Waals surface area contributed by atoms with Crippen LogP contribution in [0, 0.1) is 34.6 Å². The van der Waals surface area contributed by atoms with Gasteiger partial charge in [-0.2, -0.15) is 0 Å². The number of nitrogens with zero attached hydrogens (tertiary/aromatic N) is 3. The number of benzene rings is 2. The van der Waals surface area contributed by atoms with Crippen LogP contribution in [-0.4, -0.2) is 32.7 Å². The van der Waals surface area contributed by atoms with E-state index in [4.69, 9.17) is 17.2 Å². The summed E-state index contributed by atoms with van der Waals surface area (Å²) in [5, 5.41) is 7.95. The molecule has 0 amide bonds. The highest BCUT2D eigenvalue weighted by Gasteiger charge is 2.41. The number of aryl methyl sites for hydroxylation is 4. The van der Waals surface area contributed by atoms with Gasteiger partial charge in [0.25, 0.3) is 0 Å². The summed E-state index contributed by atoms with van der Waals surface area (Å²) in [4.78, 5) is 7.09. The molecule has 5 nitrogen and oxygen atoms in total. The van der Waals surface area contributed by atoms with E-state index >= 15 is 0 Å². The molecule has 2 aromatic carbocycles. The van der Waals surface area contributed by atoms with Crippen LogP contribution in [0.15, 0.2) is 72.9 Å². The number of hydrogen-bond acceptors (Lipinski definition) is 3. The maximum atomic E-state index is 5.93. The molecule has 1 aliphatic heterocycles. The van der Waals surface area contributed by atoms with Crippen molar-refractivity contribution in [1.29, 1.82) is 0 Å². The minimum absolute atomic E-state index is 0.0139. The van der Waals surface area contributed by atoms with Crippen LogP contribution in [-0.2, 0) is 0 Å². The van der Waals surface area contributed by atoms with Gasteiger partial charge in [-0.1, -0.05) is 42.0 Å². The molecular formula is C32H37N5S. The summed E-state index contributed by atoms with van der Waals surface area (Å²) in [7, 11) is 0. The Kier molecular flexibility index (Phi) is 7.52. The average molecular weight is 524 g/mol. The third kappa shape index (κ3) is 5.05. The van der Waals surface area contributed by atoms with E-state index in [1.54, 1.807) is 0 Å². The van der Waals surface area contributed by atoms with Crippen molar-refractivity contribution in [2.24, 2.45) is 0 Å². The minimum atomic E-state index is -0.0139. The molecule has 38 heavy (non-hydrogen) atoms. The molecule has 1 saturated heterocycles. The van der Waals surface area contributed by atoms with Gasteiger partial charge in [-0.15, -0.1) is 0 Å². The van der Waals surface area contributed by atoms with Gasteiger partial charge < -0.3 is 20.1 Å². The maximum Gasteiger partial charge on any atom is 0.170 e. The Morgan fingerprint density at radius 2 is 1.63 bits per heavy atom. The van der Waals surface area contributed by atoms with Crippen LogP contribution in [0.2, 0.25) is 0 Å². The fourth-order valence-corrected chi connectivity index (χ4v) is 6.31. The highest BCUT2D eigenvalue weighted by Crippen LogP contribution is 2.42. The monoisotopic (exact) mass is 523 g/mol. The molecule has 1 aliphatic rings. The van der Waals surface area contributed by atoms with Gasteiger partial charge in [-0.05, 0) is 100 Å². The van der Waals surface area contributed by atoms with Crippen LogP contribution in [0.3, 0.4) is 0 Å². The first-order chi connectivity index (χ1) is 18.3. The van der Waals surface area contributed by atoms with Crippen molar-refractivity contribution in [1.82, 2.24) is 19.8 Å². The third-order valence-corrected chi connectivity index (χ3v) is 7.88. The second-order valence-electron chi connectivity index (χ2n) is 10.4. The smallest absolute Gasteiger partial charge is 0.170 e. The highest BCUT2D eigenvalue weighted by atomic mass is 32.1. The Morgan fingerprint density at radius 1 is 0.921 bits per heavy atom. The van der Waals surface area contributed by atoms with E-state index in [1.807, 2.05) is 18.3 Å². The Morgan fingerprint density at radius 3 is 2.32 bits per heavy atom. The number of rotatable bonds is 8. The zero-order chi connectivity index (χ0) is 26.8. The molecular weight excluding hydrogens is 486 g/mol. The van der Waals surface area contributed by atoms with Crippen molar-refractivity contribution in [2.45, 2.75) is 53.1 Å². The number of nitrogens with one attached hydrogen (secondary N) is 2. The van der Waals surface area contributed by atoms with E-state index in [1.165, 1.54) is 39.3 Å². The van der Waals surface area contributed by atoms with E-state index in [0.717, 1.165) is 36.0 Å². The molecule has 0 spiro atoms. The zero-order valence-electron chi connectivity index (χ0n) is 23.0. The second-order valence-corrected chi connectivity index (χ2v) is 10.8. The van der Waals surface area contributed by atoms with Crippen molar-refractivity contribution >= 4 is 23.0 Å². The molecule has 0 saturated carbocycles. The topological polar surface area (TPSA) is 45.1 Å². The van der Waals surface area contributed by atoms with Crippen molar-refractivity contribution < 1.29 is 0 Å². The van der Waals surface area contributed by atoms with Gasteiger partial charge in [0.1, 0.15) is 0 Å². The lowest BCUT2D eigenvalue weighted by Crippen LogP contribution is -2.31. The number of pyridine rings is 1. The molecule has 1 fully saturated rings. The van der Waals surface area contributed by atoms with Crippen molar-refractivity contribution in [3.05, 3.63) is 112 Å². The van der Waals surface area contributed by atoms with Crippen LogP contribution in [0.5, 0.6) is 0 Å². The van der Waals surface area contributed by atoms with E-state index in [-0.39, 0.29) is 12.1 Å². The Bertz CT molecular complexity index is 1400. The van der Waals surface area contributed by atoms with E-state index in [2.05, 4.69) is 109 Å². The standard InChI is InChI=1S/C32H37N5S/c1-21-18-22(2)30(23(3)19-21)37-24(4)20-27(25(37)5)31-29(28-14-9-10-15-34-28)35-32(38)36(31)17-11-16-33-26-12-7-6-8-13-26/h6-10,12-15,18-20,29,31,33H,11,16-17H2,1-5H3,(H,35,38). The van der Waals surface area contributed by atoms with Gasteiger partial charge in [-0.3, -0.25) is 4.98 Å². The quantitative estimate of drug-likeness (QED) is 0.195. The molecule has 2 N–H and O–H groups in total. The van der Waals surface area contributed by atoms with Crippen LogP contribution in [0.4, 0.5) is 5.69 Å². The Labute approximate surface area is 231 Å². The predicted molar refractivity (Wildman–Crippen MR) is 161 cm³/mol. The largest absolute Gasteiger partial charge is 0.385 e. The normalized spacial score (nSPS) is 17.1. The van der Waals surface area contributed by atoms with Crippen LogP contribution in [0.25, 0.3) is 5.69 Å². The number of anilines is 1. The fourth-order valence-electron chi connectivity index (χ4n) is 5.98. The van der Waals surface area contributed by atoms with Gasteiger partial charge in [0.15, 0.2) is 5.11 Å². The van der Waals surface area contributed by atoms with Crippen molar-refractivity contribution in [3.8, 4) is 5.69 Å². The molecule has 196 valence electrons. The lowest BCUT2D eigenvalue weighted by Gasteiger charge is -2.28. The molecule has 4 aromatic rings. The predicted octanol–water partition coefficient (Wildman–Crippen LogP) is 6.89. The molecule has 6 heteroatoms. The van der Waals surface area contributed by atoms with Crippen molar-refractivity contribution in [2.75, 3.05) is 18.4 Å². The number of hydrogen-bond donors (Lipinski definition) is 2. The van der Waals surface area contributed by atoms with Crippen molar-refractivity contribution in [3.63, 3.8) is 0 Å². The zero-order valence-corrected chi connectivity index (χ0v) is 23.8. The average Bonchev–Trinajstić information content (AvgIpc) is 3.37. The lowest BCUT2D eigenvalue weighted by molar-refractivity contribution is 0.315. The summed E-state index contributed by atoms with van der Waals surface area (Å²) in [6, 6.07) is 23.4. The summed E-state index contributed by atoms with van der Waals surface area (Å²) >= 11 is 5.93. The first kappa shape index (κ1) is 26.0. The summed E-state index contributed by atoms with van der Waals surface area (Å²) < 4.78 is 2.42. The first-order valence-corrected chi connectivity index (χ1v) is 13.8. The number of aromatic nitrogens is 2. The molecule has 0 aliphatic carbocycles. The third-order valence-electron chi connectivity index (χ3n) is 7.52. The van der Waals surface area contributed by atoms with Gasteiger partial charge >= 0.3 is 0 Å². The fraction of sp³-hybridized carbons (Fsp3) is 0.312. The van der Waals surface area contributed by atoms with Crippen LogP contribution in [0.1, 0.15) is 57.8 Å². The number of thiocarbonyl (C=S) groups is 1. The summed E-state index contributed by atoms with van der Waals surface area (Å²) in [6.45, 7) is 12.8. The highest BCUT2D eigenvalue weighted by molar-refractivity contribution is 7.80. The Hall–Kier alpha value is -3.64.